The number of aryl methyl sites for hydroxylation is 1. The molecule has 2 aromatic heterocycles. The fourth-order valence-corrected chi connectivity index (χ4v) is 3.34. The van der Waals surface area contributed by atoms with Gasteiger partial charge in [-0.15, -0.1) is 11.3 Å². The highest BCUT2D eigenvalue weighted by Gasteiger charge is 2.17. The van der Waals surface area contributed by atoms with Gasteiger partial charge in [-0.2, -0.15) is 0 Å². The van der Waals surface area contributed by atoms with Crippen LogP contribution in [0.15, 0.2) is 29.6 Å². The van der Waals surface area contributed by atoms with Crippen LogP contribution in [-0.4, -0.2) is 15.7 Å². The zero-order chi connectivity index (χ0) is 15.2. The molecule has 21 heavy (non-hydrogen) atoms. The molecule has 0 aliphatic carbocycles. The number of thiazole rings is 1. The molecule has 0 atom stereocenters. The third-order valence-corrected chi connectivity index (χ3v) is 4.65. The topological polar surface area (TPSA) is 34.4 Å². The SMILES string of the molecule is Cc1csc2nc(-c3ccc(C(C)(C)C)cc3)c(C=O)n12. The summed E-state index contributed by atoms with van der Waals surface area (Å²) < 4.78 is 1.92. The molecule has 0 saturated carbocycles. The predicted octanol–water partition coefficient (Wildman–Crippen LogP) is 4.48. The molecule has 2 heterocycles. The molecule has 1 aromatic carbocycles. The van der Waals surface area contributed by atoms with Crippen molar-refractivity contribution in [3.8, 4) is 11.3 Å². The average Bonchev–Trinajstić information content (AvgIpc) is 2.98. The molecular weight excluding hydrogens is 280 g/mol. The third kappa shape index (κ3) is 2.29. The van der Waals surface area contributed by atoms with E-state index in [-0.39, 0.29) is 5.41 Å². The quantitative estimate of drug-likeness (QED) is 0.654. The van der Waals surface area contributed by atoms with Gasteiger partial charge < -0.3 is 0 Å². The van der Waals surface area contributed by atoms with Crippen LogP contribution in [0.1, 0.15) is 42.5 Å². The zero-order valence-corrected chi connectivity index (χ0v) is 13.5. The number of aldehydes is 1. The molecule has 3 rings (SSSR count). The second-order valence-corrected chi connectivity index (χ2v) is 7.12. The van der Waals surface area contributed by atoms with Gasteiger partial charge in [0.1, 0.15) is 11.4 Å². The van der Waals surface area contributed by atoms with E-state index < -0.39 is 0 Å². The van der Waals surface area contributed by atoms with Crippen molar-refractivity contribution in [2.24, 2.45) is 0 Å². The maximum Gasteiger partial charge on any atom is 0.195 e. The summed E-state index contributed by atoms with van der Waals surface area (Å²) >= 11 is 1.56. The largest absolute Gasteiger partial charge is 0.296 e. The van der Waals surface area contributed by atoms with Gasteiger partial charge >= 0.3 is 0 Å². The maximum atomic E-state index is 11.5. The Morgan fingerprint density at radius 3 is 2.43 bits per heavy atom. The molecule has 4 heteroatoms. The summed E-state index contributed by atoms with van der Waals surface area (Å²) in [6.45, 7) is 8.56. The normalized spacial score (nSPS) is 12.0. The van der Waals surface area contributed by atoms with Gasteiger partial charge in [-0.3, -0.25) is 9.20 Å². The Labute approximate surface area is 128 Å². The predicted molar refractivity (Wildman–Crippen MR) is 87.3 cm³/mol. The molecule has 3 nitrogen and oxygen atoms in total. The number of aromatic nitrogens is 2. The number of rotatable bonds is 2. The molecule has 0 saturated heterocycles. The van der Waals surface area contributed by atoms with Crippen molar-refractivity contribution in [3.05, 3.63) is 46.6 Å². The number of imidazole rings is 1. The van der Waals surface area contributed by atoms with Crippen LogP contribution in [0.3, 0.4) is 0 Å². The molecule has 0 unspecified atom stereocenters. The molecular formula is C17H18N2OS. The number of hydrogen-bond donors (Lipinski definition) is 0. The monoisotopic (exact) mass is 298 g/mol. The number of hydrogen-bond acceptors (Lipinski definition) is 3. The van der Waals surface area contributed by atoms with Crippen LogP contribution in [0.2, 0.25) is 0 Å². The first kappa shape index (κ1) is 14.0. The van der Waals surface area contributed by atoms with Gasteiger partial charge in [0.15, 0.2) is 11.2 Å². The summed E-state index contributed by atoms with van der Waals surface area (Å²) in [5.41, 5.74) is 4.82. The fraction of sp³-hybridized carbons (Fsp3) is 0.294. The maximum absolute atomic E-state index is 11.5. The van der Waals surface area contributed by atoms with Gasteiger partial charge in [0.2, 0.25) is 0 Å². The molecule has 0 amide bonds. The standard InChI is InChI=1S/C17H18N2OS/c1-11-10-21-16-18-15(14(9-20)19(11)16)12-5-7-13(8-6-12)17(2,3)4/h5-10H,1-4H3. The van der Waals surface area contributed by atoms with Crippen molar-refractivity contribution in [1.29, 1.82) is 0 Å². The lowest BCUT2D eigenvalue weighted by molar-refractivity contribution is 0.111. The van der Waals surface area contributed by atoms with E-state index in [1.807, 2.05) is 16.7 Å². The highest BCUT2D eigenvalue weighted by Crippen LogP contribution is 2.29. The van der Waals surface area contributed by atoms with E-state index in [0.29, 0.717) is 5.69 Å². The van der Waals surface area contributed by atoms with E-state index in [4.69, 9.17) is 0 Å². The summed E-state index contributed by atoms with van der Waals surface area (Å²) in [6, 6.07) is 8.33. The minimum Gasteiger partial charge on any atom is -0.296 e. The highest BCUT2D eigenvalue weighted by atomic mass is 32.1. The second kappa shape index (κ2) is 4.81. The van der Waals surface area contributed by atoms with Gasteiger partial charge in [0, 0.05) is 16.6 Å². The van der Waals surface area contributed by atoms with E-state index in [2.05, 4.69) is 50.0 Å². The Kier molecular flexibility index (Phi) is 3.21. The van der Waals surface area contributed by atoms with E-state index in [0.717, 1.165) is 28.2 Å². The van der Waals surface area contributed by atoms with Gasteiger partial charge in [-0.05, 0) is 17.9 Å². The fourth-order valence-electron chi connectivity index (χ4n) is 2.47. The Morgan fingerprint density at radius 1 is 1.19 bits per heavy atom. The number of benzene rings is 1. The molecule has 0 radical (unpaired) electrons. The Morgan fingerprint density at radius 2 is 1.86 bits per heavy atom. The Hall–Kier alpha value is -1.94. The second-order valence-electron chi connectivity index (χ2n) is 6.29. The molecule has 0 N–H and O–H groups in total. The average molecular weight is 298 g/mol. The van der Waals surface area contributed by atoms with Gasteiger partial charge in [-0.1, -0.05) is 45.0 Å². The summed E-state index contributed by atoms with van der Waals surface area (Å²) in [5.74, 6) is 0. The van der Waals surface area contributed by atoms with E-state index in [1.165, 1.54) is 5.56 Å². The van der Waals surface area contributed by atoms with Crippen LogP contribution in [0, 0.1) is 6.92 Å². The van der Waals surface area contributed by atoms with Gasteiger partial charge in [0.25, 0.3) is 0 Å². The van der Waals surface area contributed by atoms with Crippen LogP contribution in [0.25, 0.3) is 16.2 Å². The number of fused-ring (bicyclic) bond motifs is 1. The molecule has 0 fully saturated rings. The minimum absolute atomic E-state index is 0.122. The smallest absolute Gasteiger partial charge is 0.195 e. The van der Waals surface area contributed by atoms with Crippen LogP contribution >= 0.6 is 11.3 Å². The zero-order valence-electron chi connectivity index (χ0n) is 12.7. The first-order valence-electron chi connectivity index (χ1n) is 6.94. The molecule has 0 aliphatic heterocycles. The van der Waals surface area contributed by atoms with Crippen LogP contribution in [0.4, 0.5) is 0 Å². The molecule has 3 aromatic rings. The van der Waals surface area contributed by atoms with Crippen LogP contribution < -0.4 is 0 Å². The molecule has 0 spiro atoms. The van der Waals surface area contributed by atoms with Crippen molar-refractivity contribution < 1.29 is 4.79 Å². The summed E-state index contributed by atoms with van der Waals surface area (Å²) in [6.07, 6.45) is 0.896. The lowest BCUT2D eigenvalue weighted by atomic mass is 9.86. The first-order valence-corrected chi connectivity index (χ1v) is 7.82. The molecule has 108 valence electrons. The summed E-state index contributed by atoms with van der Waals surface area (Å²) in [7, 11) is 0. The van der Waals surface area contributed by atoms with Gasteiger partial charge in [-0.25, -0.2) is 4.98 Å². The van der Waals surface area contributed by atoms with Crippen molar-refractivity contribution in [3.63, 3.8) is 0 Å². The lowest BCUT2D eigenvalue weighted by Gasteiger charge is -2.19. The minimum atomic E-state index is 0.122. The van der Waals surface area contributed by atoms with Crippen molar-refractivity contribution in [2.45, 2.75) is 33.1 Å². The third-order valence-electron chi connectivity index (χ3n) is 3.71. The van der Waals surface area contributed by atoms with Crippen LogP contribution in [0.5, 0.6) is 0 Å². The van der Waals surface area contributed by atoms with Crippen molar-refractivity contribution in [2.75, 3.05) is 0 Å². The number of carbonyl (C=O) groups excluding carboxylic acids is 1. The number of nitrogens with zero attached hydrogens (tertiary/aromatic N) is 2. The van der Waals surface area contributed by atoms with E-state index in [9.17, 15) is 4.79 Å². The highest BCUT2D eigenvalue weighted by molar-refractivity contribution is 7.15. The Bertz CT molecular complexity index is 804. The first-order chi connectivity index (χ1) is 9.91. The van der Waals surface area contributed by atoms with Crippen LogP contribution in [-0.2, 0) is 5.41 Å². The molecule has 0 aliphatic rings. The summed E-state index contributed by atoms with van der Waals surface area (Å²) in [4.78, 5) is 17.0. The van der Waals surface area contributed by atoms with Crippen molar-refractivity contribution in [1.82, 2.24) is 9.38 Å². The Balaban J connectivity index is 2.14. The van der Waals surface area contributed by atoms with E-state index >= 15 is 0 Å². The lowest BCUT2D eigenvalue weighted by Crippen LogP contribution is -2.10. The van der Waals surface area contributed by atoms with E-state index in [1.54, 1.807) is 11.3 Å². The number of carbonyl (C=O) groups is 1. The summed E-state index contributed by atoms with van der Waals surface area (Å²) in [5, 5.41) is 2.02. The van der Waals surface area contributed by atoms with Gasteiger partial charge in [0.05, 0.1) is 0 Å². The van der Waals surface area contributed by atoms with Crippen molar-refractivity contribution >= 4 is 22.6 Å². The molecule has 0 bridgehead atoms.